The van der Waals surface area contributed by atoms with Crippen molar-refractivity contribution >= 4 is 17.5 Å². The van der Waals surface area contributed by atoms with Gasteiger partial charge in [0.15, 0.2) is 11.5 Å². The molecule has 6 heteroatoms. The molecule has 2 fully saturated rings. The zero-order valence-corrected chi connectivity index (χ0v) is 17.3. The molecule has 0 aromatic heterocycles. The van der Waals surface area contributed by atoms with E-state index in [2.05, 4.69) is 0 Å². The van der Waals surface area contributed by atoms with E-state index in [9.17, 15) is 14.4 Å². The van der Waals surface area contributed by atoms with Crippen LogP contribution in [0.4, 0.5) is 0 Å². The lowest BCUT2D eigenvalue weighted by Crippen LogP contribution is -2.69. The molecule has 1 aliphatic heterocycles. The van der Waals surface area contributed by atoms with Gasteiger partial charge in [-0.3, -0.25) is 14.4 Å². The van der Waals surface area contributed by atoms with E-state index in [0.29, 0.717) is 12.2 Å². The molecular weight excluding hydrogens is 360 g/mol. The fourth-order valence-corrected chi connectivity index (χ4v) is 6.81. The maximum Gasteiger partial charge on any atom is 0.306 e. The normalized spacial score (nSPS) is 45.0. The fourth-order valence-electron chi connectivity index (χ4n) is 6.81. The molecule has 0 N–H and O–H groups in total. The molecule has 3 aliphatic carbocycles. The average Bonchev–Trinajstić information content (AvgIpc) is 2.63. The summed E-state index contributed by atoms with van der Waals surface area (Å²) in [5, 5.41) is 0. The predicted octanol–water partition coefficient (Wildman–Crippen LogP) is 2.82. The van der Waals surface area contributed by atoms with Crippen molar-refractivity contribution in [3.63, 3.8) is 0 Å². The van der Waals surface area contributed by atoms with Crippen LogP contribution in [0, 0.1) is 34.5 Å². The lowest BCUT2D eigenvalue weighted by Gasteiger charge is -2.64. The molecule has 28 heavy (non-hydrogen) atoms. The van der Waals surface area contributed by atoms with E-state index in [0.717, 1.165) is 5.57 Å². The first kappa shape index (κ1) is 19.2. The molecule has 7 atom stereocenters. The van der Waals surface area contributed by atoms with Crippen LogP contribution in [0.5, 0.6) is 0 Å². The van der Waals surface area contributed by atoms with Crippen molar-refractivity contribution in [1.29, 1.82) is 0 Å². The fraction of sp³-hybridized carbons (Fsp3) is 0.682. The summed E-state index contributed by atoms with van der Waals surface area (Å²) < 4.78 is 16.7. The van der Waals surface area contributed by atoms with E-state index in [4.69, 9.17) is 14.2 Å². The minimum Gasteiger partial charge on any atom is -0.493 e. The summed E-state index contributed by atoms with van der Waals surface area (Å²) in [6.45, 7) is 7.80. The molecular formula is C22H28O6. The molecule has 1 saturated carbocycles. The van der Waals surface area contributed by atoms with Crippen LogP contribution in [0.2, 0.25) is 0 Å². The Morgan fingerprint density at radius 1 is 1.14 bits per heavy atom. The Morgan fingerprint density at radius 2 is 1.82 bits per heavy atom. The Morgan fingerprint density at radius 3 is 2.43 bits per heavy atom. The molecule has 152 valence electrons. The van der Waals surface area contributed by atoms with Crippen LogP contribution in [-0.2, 0) is 28.6 Å². The van der Waals surface area contributed by atoms with Gasteiger partial charge in [0.2, 0.25) is 11.6 Å². The highest BCUT2D eigenvalue weighted by molar-refractivity contribution is 6.07. The zero-order chi connectivity index (χ0) is 20.6. The second-order valence-corrected chi connectivity index (χ2v) is 9.16. The summed E-state index contributed by atoms with van der Waals surface area (Å²) in [6.07, 6.45) is 2.21. The summed E-state index contributed by atoms with van der Waals surface area (Å²) in [5.41, 5.74) is -0.795. The van der Waals surface area contributed by atoms with Crippen molar-refractivity contribution in [2.75, 3.05) is 14.2 Å². The number of rotatable bonds is 2. The largest absolute Gasteiger partial charge is 0.493 e. The first-order valence-electron chi connectivity index (χ1n) is 9.91. The Balaban J connectivity index is 1.99. The number of Topliss-reactive ketones (excluding diaryl/α,β-unsaturated/α-hetero) is 2. The minimum absolute atomic E-state index is 0.0204. The Kier molecular flexibility index (Phi) is 4.08. The number of carbonyl (C=O) groups excluding carboxylic acids is 3. The number of carbonyl (C=O) groups is 3. The van der Waals surface area contributed by atoms with Crippen LogP contribution in [0.25, 0.3) is 0 Å². The second kappa shape index (κ2) is 5.94. The number of ether oxygens (including phenoxy) is 3. The molecule has 0 spiro atoms. The van der Waals surface area contributed by atoms with Crippen LogP contribution in [0.3, 0.4) is 0 Å². The van der Waals surface area contributed by atoms with Crippen LogP contribution in [0.1, 0.15) is 40.5 Å². The van der Waals surface area contributed by atoms with Crippen LogP contribution in [0.15, 0.2) is 23.2 Å². The number of esters is 1. The summed E-state index contributed by atoms with van der Waals surface area (Å²) in [4.78, 5) is 39.6. The third-order valence-electron chi connectivity index (χ3n) is 8.10. The highest BCUT2D eigenvalue weighted by Gasteiger charge is 2.72. The maximum atomic E-state index is 13.7. The molecule has 1 heterocycles. The third kappa shape index (κ3) is 2.06. The first-order chi connectivity index (χ1) is 13.1. The highest BCUT2D eigenvalue weighted by Crippen LogP contribution is 2.67. The van der Waals surface area contributed by atoms with Crippen molar-refractivity contribution in [2.24, 2.45) is 34.5 Å². The lowest BCUT2D eigenvalue weighted by molar-refractivity contribution is -0.217. The van der Waals surface area contributed by atoms with Crippen molar-refractivity contribution in [1.82, 2.24) is 0 Å². The number of allylic oxidation sites excluding steroid dienone is 4. The summed E-state index contributed by atoms with van der Waals surface area (Å²) in [5.74, 6) is -0.854. The SMILES string of the molecule is COC1=C[C@@H](C)[C@H]2C[C@H]3OC(=O)C[C@H]4C(C)=C(OC)C(=O)[C@@H]([C@@]2(C)C1=O)[C@@]34C. The van der Waals surface area contributed by atoms with Gasteiger partial charge < -0.3 is 14.2 Å². The summed E-state index contributed by atoms with van der Waals surface area (Å²) in [6, 6.07) is 0. The van der Waals surface area contributed by atoms with E-state index >= 15 is 0 Å². The monoisotopic (exact) mass is 388 g/mol. The molecule has 0 radical (unpaired) electrons. The molecule has 4 rings (SSSR count). The van der Waals surface area contributed by atoms with E-state index in [-0.39, 0.29) is 47.5 Å². The van der Waals surface area contributed by atoms with Gasteiger partial charge in [-0.05, 0) is 36.8 Å². The molecule has 4 aliphatic rings. The van der Waals surface area contributed by atoms with E-state index in [1.54, 1.807) is 0 Å². The Bertz CT molecular complexity index is 838. The van der Waals surface area contributed by atoms with Gasteiger partial charge in [-0.15, -0.1) is 0 Å². The highest BCUT2D eigenvalue weighted by atomic mass is 16.5. The lowest BCUT2D eigenvalue weighted by atomic mass is 9.40. The molecule has 0 aromatic rings. The number of hydrogen-bond acceptors (Lipinski definition) is 6. The Labute approximate surface area is 165 Å². The zero-order valence-electron chi connectivity index (χ0n) is 17.3. The maximum absolute atomic E-state index is 13.7. The number of ketones is 2. The average molecular weight is 388 g/mol. The van der Waals surface area contributed by atoms with E-state index < -0.39 is 22.9 Å². The first-order valence-corrected chi connectivity index (χ1v) is 9.91. The van der Waals surface area contributed by atoms with Gasteiger partial charge in [-0.1, -0.05) is 20.8 Å². The number of hydrogen-bond donors (Lipinski definition) is 0. The van der Waals surface area contributed by atoms with Gasteiger partial charge in [0.1, 0.15) is 6.10 Å². The van der Waals surface area contributed by atoms with Gasteiger partial charge in [0.05, 0.1) is 20.6 Å². The van der Waals surface area contributed by atoms with Gasteiger partial charge >= 0.3 is 5.97 Å². The predicted molar refractivity (Wildman–Crippen MR) is 99.8 cm³/mol. The van der Waals surface area contributed by atoms with E-state index in [1.807, 2.05) is 33.8 Å². The number of methoxy groups -OCH3 is 2. The summed E-state index contributed by atoms with van der Waals surface area (Å²) >= 11 is 0. The third-order valence-corrected chi connectivity index (χ3v) is 8.10. The van der Waals surface area contributed by atoms with Crippen molar-refractivity contribution in [3.8, 4) is 0 Å². The van der Waals surface area contributed by atoms with Gasteiger partial charge in [0.25, 0.3) is 0 Å². The van der Waals surface area contributed by atoms with Crippen molar-refractivity contribution < 1.29 is 28.6 Å². The topological polar surface area (TPSA) is 78.9 Å². The molecule has 0 aromatic carbocycles. The molecule has 0 amide bonds. The van der Waals surface area contributed by atoms with E-state index in [1.165, 1.54) is 14.2 Å². The molecule has 6 nitrogen and oxygen atoms in total. The van der Waals surface area contributed by atoms with Crippen molar-refractivity contribution in [3.05, 3.63) is 23.2 Å². The van der Waals surface area contributed by atoms with Crippen LogP contribution < -0.4 is 0 Å². The molecule has 0 unspecified atom stereocenters. The smallest absolute Gasteiger partial charge is 0.306 e. The van der Waals surface area contributed by atoms with Gasteiger partial charge in [0, 0.05) is 22.7 Å². The van der Waals surface area contributed by atoms with Gasteiger partial charge in [-0.25, -0.2) is 0 Å². The summed E-state index contributed by atoms with van der Waals surface area (Å²) in [7, 11) is 2.97. The van der Waals surface area contributed by atoms with Gasteiger partial charge in [-0.2, -0.15) is 0 Å². The second-order valence-electron chi connectivity index (χ2n) is 9.16. The van der Waals surface area contributed by atoms with Crippen molar-refractivity contribution in [2.45, 2.75) is 46.6 Å². The van der Waals surface area contributed by atoms with Crippen LogP contribution in [-0.4, -0.2) is 37.9 Å². The molecule has 0 bridgehead atoms. The number of fused-ring (bicyclic) bond motifs is 2. The quantitative estimate of drug-likeness (QED) is 0.677. The molecule has 1 saturated heterocycles. The Hall–Kier alpha value is -2.11. The standard InChI is InChI=1S/C22H28O6/c1-10-7-14(26-5)20(25)22(4)12(10)8-15-21(3)13(9-16(23)28-15)11(2)18(27-6)17(24)19(21)22/h7,10,12-13,15,19H,8-9H2,1-6H3/t10-,12-,13+,15-,19-,21-,22+/m1/s1. The van der Waals surface area contributed by atoms with Crippen LogP contribution >= 0.6 is 0 Å². The minimum atomic E-state index is -0.936.